The van der Waals surface area contributed by atoms with Gasteiger partial charge in [0.15, 0.2) is 0 Å². The molecule has 2 bridgehead atoms. The molecule has 0 radical (unpaired) electrons. The van der Waals surface area contributed by atoms with Crippen LogP contribution in [-0.4, -0.2) is 36.0 Å². The van der Waals surface area contributed by atoms with E-state index in [0.717, 1.165) is 32.4 Å². The minimum absolute atomic E-state index is 0.217. The lowest BCUT2D eigenvalue weighted by Crippen LogP contribution is -2.53. The van der Waals surface area contributed by atoms with Gasteiger partial charge < -0.3 is 10.2 Å². The first-order chi connectivity index (χ1) is 10.3. The Morgan fingerprint density at radius 2 is 1.86 bits per heavy atom. The first-order valence-electron chi connectivity index (χ1n) is 8.39. The van der Waals surface area contributed by atoms with Crippen molar-refractivity contribution in [3.8, 4) is 0 Å². The van der Waals surface area contributed by atoms with Gasteiger partial charge in [-0.05, 0) is 37.7 Å². The zero-order valence-corrected chi connectivity index (χ0v) is 12.6. The molecule has 2 aliphatic heterocycles. The van der Waals surface area contributed by atoms with E-state index < -0.39 is 0 Å². The molecule has 1 N–H and O–H groups in total. The van der Waals surface area contributed by atoms with Crippen LogP contribution in [0, 0.1) is 0 Å². The summed E-state index contributed by atoms with van der Waals surface area (Å²) in [6.45, 7) is 1.84. The Balaban J connectivity index is 1.58. The highest BCUT2D eigenvalue weighted by molar-refractivity contribution is 5.89. The summed E-state index contributed by atoms with van der Waals surface area (Å²) >= 11 is 0. The fourth-order valence-corrected chi connectivity index (χ4v) is 4.34. The maximum absolute atomic E-state index is 13.2. The van der Waals surface area contributed by atoms with E-state index in [1.807, 2.05) is 6.07 Å². The molecule has 2 saturated heterocycles. The van der Waals surface area contributed by atoms with Crippen molar-refractivity contribution in [2.24, 2.45) is 0 Å². The molecule has 3 heteroatoms. The fourth-order valence-electron chi connectivity index (χ4n) is 4.34. The predicted molar refractivity (Wildman–Crippen MR) is 83.1 cm³/mol. The summed E-state index contributed by atoms with van der Waals surface area (Å²) in [5.41, 5.74) is 1.01. The Morgan fingerprint density at radius 3 is 2.57 bits per heavy atom. The molecule has 1 aromatic carbocycles. The van der Waals surface area contributed by atoms with Gasteiger partial charge >= 0.3 is 0 Å². The zero-order valence-electron chi connectivity index (χ0n) is 12.6. The van der Waals surface area contributed by atoms with E-state index in [2.05, 4.69) is 34.5 Å². The van der Waals surface area contributed by atoms with E-state index in [4.69, 9.17) is 0 Å². The molecule has 2 atom stereocenters. The molecule has 112 valence electrons. The van der Waals surface area contributed by atoms with Gasteiger partial charge in [0.2, 0.25) is 5.91 Å². The molecule has 1 aliphatic carbocycles. The van der Waals surface area contributed by atoms with Crippen LogP contribution in [-0.2, 0) is 10.2 Å². The van der Waals surface area contributed by atoms with Gasteiger partial charge in [-0.1, -0.05) is 36.8 Å². The van der Waals surface area contributed by atoms with Crippen molar-refractivity contribution in [3.05, 3.63) is 35.9 Å². The van der Waals surface area contributed by atoms with Crippen LogP contribution >= 0.6 is 0 Å². The maximum Gasteiger partial charge on any atom is 0.233 e. The number of hydrogen-bond acceptors (Lipinski definition) is 2. The third kappa shape index (κ3) is 2.18. The Hall–Kier alpha value is -1.35. The van der Waals surface area contributed by atoms with Gasteiger partial charge in [0, 0.05) is 25.2 Å². The van der Waals surface area contributed by atoms with Gasteiger partial charge in [0.05, 0.1) is 5.41 Å². The van der Waals surface area contributed by atoms with Crippen molar-refractivity contribution in [1.29, 1.82) is 0 Å². The average Bonchev–Trinajstić information content (AvgIpc) is 2.78. The van der Waals surface area contributed by atoms with E-state index in [0.29, 0.717) is 18.0 Å². The minimum Gasteiger partial charge on any atom is -0.340 e. The summed E-state index contributed by atoms with van der Waals surface area (Å²) in [6, 6.07) is 11.6. The number of hydrogen-bond donors (Lipinski definition) is 1. The van der Waals surface area contributed by atoms with Crippen LogP contribution in [0.3, 0.4) is 0 Å². The molecule has 3 aliphatic rings. The second-order valence-corrected chi connectivity index (χ2v) is 6.98. The smallest absolute Gasteiger partial charge is 0.233 e. The van der Waals surface area contributed by atoms with Crippen LogP contribution in [0.5, 0.6) is 0 Å². The van der Waals surface area contributed by atoms with Crippen LogP contribution in [0.4, 0.5) is 0 Å². The van der Waals surface area contributed by atoms with Crippen LogP contribution < -0.4 is 5.32 Å². The number of carbonyl (C=O) groups is 1. The van der Waals surface area contributed by atoms with Gasteiger partial charge in [-0.2, -0.15) is 0 Å². The van der Waals surface area contributed by atoms with E-state index in [-0.39, 0.29) is 5.41 Å². The van der Waals surface area contributed by atoms with Gasteiger partial charge in [0.1, 0.15) is 0 Å². The average molecular weight is 284 g/mol. The number of nitrogens with one attached hydrogen (secondary N) is 1. The molecule has 4 rings (SSSR count). The molecule has 2 heterocycles. The number of rotatable bonds is 2. The predicted octanol–water partition coefficient (Wildman–Crippen LogP) is 2.46. The van der Waals surface area contributed by atoms with Crippen molar-refractivity contribution in [3.63, 3.8) is 0 Å². The third-order valence-corrected chi connectivity index (χ3v) is 5.75. The second kappa shape index (κ2) is 5.13. The second-order valence-electron chi connectivity index (χ2n) is 6.98. The summed E-state index contributed by atoms with van der Waals surface area (Å²) in [6.07, 6.45) is 6.86. The quantitative estimate of drug-likeness (QED) is 0.905. The lowest BCUT2D eigenvalue weighted by atomic mass is 9.63. The number of fused-ring (bicyclic) bond motifs is 2. The Labute approximate surface area is 126 Å². The summed E-state index contributed by atoms with van der Waals surface area (Å²) in [7, 11) is 0. The molecule has 3 nitrogen and oxygen atoms in total. The Morgan fingerprint density at radius 1 is 1.10 bits per heavy atom. The fraction of sp³-hybridized carbons (Fsp3) is 0.611. The van der Waals surface area contributed by atoms with Gasteiger partial charge in [0.25, 0.3) is 0 Å². The Kier molecular flexibility index (Phi) is 3.26. The number of benzene rings is 1. The van der Waals surface area contributed by atoms with Crippen LogP contribution in [0.1, 0.15) is 44.1 Å². The van der Waals surface area contributed by atoms with Gasteiger partial charge in [-0.15, -0.1) is 0 Å². The maximum atomic E-state index is 13.2. The highest BCUT2D eigenvalue weighted by atomic mass is 16.2. The largest absolute Gasteiger partial charge is 0.340 e. The van der Waals surface area contributed by atoms with E-state index in [1.54, 1.807) is 0 Å². The van der Waals surface area contributed by atoms with E-state index in [9.17, 15) is 4.79 Å². The summed E-state index contributed by atoms with van der Waals surface area (Å²) in [5, 5.41) is 3.67. The van der Waals surface area contributed by atoms with Crippen molar-refractivity contribution in [2.45, 2.75) is 56.0 Å². The van der Waals surface area contributed by atoms with Crippen molar-refractivity contribution in [1.82, 2.24) is 10.2 Å². The van der Waals surface area contributed by atoms with Crippen molar-refractivity contribution < 1.29 is 4.79 Å². The number of carbonyl (C=O) groups excluding carboxylic acids is 1. The highest BCUT2D eigenvalue weighted by Crippen LogP contribution is 2.45. The van der Waals surface area contributed by atoms with E-state index in [1.165, 1.54) is 24.8 Å². The summed E-state index contributed by atoms with van der Waals surface area (Å²) < 4.78 is 0. The van der Waals surface area contributed by atoms with Crippen LogP contribution in [0.15, 0.2) is 30.3 Å². The van der Waals surface area contributed by atoms with Crippen molar-refractivity contribution in [2.75, 3.05) is 13.1 Å². The first kappa shape index (κ1) is 13.3. The lowest BCUT2D eigenvalue weighted by molar-refractivity contribution is -0.141. The first-order valence-corrected chi connectivity index (χ1v) is 8.39. The normalized spacial score (nSPS) is 30.6. The topological polar surface area (TPSA) is 32.3 Å². The van der Waals surface area contributed by atoms with Gasteiger partial charge in [-0.25, -0.2) is 0 Å². The Bertz CT molecular complexity index is 523. The molecule has 21 heavy (non-hydrogen) atoms. The molecular weight excluding hydrogens is 260 g/mol. The SMILES string of the molecule is O=C(N1CCC2CCC(C1)N2)C1(c2ccccc2)CCC1. The lowest BCUT2D eigenvalue weighted by Gasteiger charge is -2.44. The van der Waals surface area contributed by atoms with Crippen LogP contribution in [0.25, 0.3) is 0 Å². The molecule has 0 aromatic heterocycles. The molecule has 0 spiro atoms. The molecular formula is C18H24N2O. The number of amides is 1. The number of nitrogens with zero attached hydrogens (tertiary/aromatic N) is 1. The minimum atomic E-state index is -0.217. The molecule has 1 amide bonds. The molecule has 1 aromatic rings. The zero-order chi connectivity index (χ0) is 14.3. The third-order valence-electron chi connectivity index (χ3n) is 5.75. The standard InChI is InChI=1S/C18H24N2O/c21-17(20-12-9-15-7-8-16(13-20)19-15)18(10-4-11-18)14-5-2-1-3-6-14/h1-3,5-6,15-16,19H,4,7-13H2. The monoisotopic (exact) mass is 284 g/mol. The van der Waals surface area contributed by atoms with Crippen LogP contribution in [0.2, 0.25) is 0 Å². The summed E-state index contributed by atoms with van der Waals surface area (Å²) in [5.74, 6) is 0.384. The highest BCUT2D eigenvalue weighted by Gasteiger charge is 2.48. The van der Waals surface area contributed by atoms with E-state index >= 15 is 0 Å². The molecule has 1 saturated carbocycles. The molecule has 3 fully saturated rings. The number of likely N-dealkylation sites (tertiary alicyclic amines) is 1. The summed E-state index contributed by atoms with van der Waals surface area (Å²) in [4.78, 5) is 15.4. The molecule has 2 unspecified atom stereocenters. The van der Waals surface area contributed by atoms with Gasteiger partial charge in [-0.3, -0.25) is 4.79 Å². The van der Waals surface area contributed by atoms with Crippen molar-refractivity contribution >= 4 is 5.91 Å².